The number of amides is 1. The van der Waals surface area contributed by atoms with Gasteiger partial charge < -0.3 is 15.4 Å². The molecule has 0 spiro atoms. The Morgan fingerprint density at radius 1 is 1.47 bits per heavy atom. The molecule has 0 radical (unpaired) electrons. The fourth-order valence-electron chi connectivity index (χ4n) is 1.31. The highest BCUT2D eigenvalue weighted by molar-refractivity contribution is 9.10. The Hall–Kier alpha value is -0.920. The Labute approximate surface area is 124 Å². The molecule has 0 saturated heterocycles. The van der Waals surface area contributed by atoms with E-state index in [9.17, 15) is 13.6 Å². The molecule has 4 nitrogen and oxygen atoms in total. The van der Waals surface area contributed by atoms with Gasteiger partial charge in [-0.25, -0.2) is 0 Å². The van der Waals surface area contributed by atoms with Crippen molar-refractivity contribution in [1.29, 1.82) is 0 Å². The molecule has 2 N–H and O–H groups in total. The first-order chi connectivity index (χ1) is 8.52. The first-order valence-corrected chi connectivity index (χ1v) is 5.96. The highest BCUT2D eigenvalue weighted by Gasteiger charge is 2.11. The minimum absolute atomic E-state index is 0. The summed E-state index contributed by atoms with van der Waals surface area (Å²) in [5.41, 5.74) is 0.481. The molecule has 0 fully saturated rings. The van der Waals surface area contributed by atoms with Crippen LogP contribution in [0.2, 0.25) is 0 Å². The molecule has 1 rings (SSSR count). The lowest BCUT2D eigenvalue weighted by molar-refractivity contribution is -0.120. The molecule has 1 aromatic carbocycles. The molecule has 0 aliphatic carbocycles. The van der Waals surface area contributed by atoms with Gasteiger partial charge in [0.25, 0.3) is 0 Å². The van der Waals surface area contributed by atoms with E-state index in [1.54, 1.807) is 19.2 Å². The van der Waals surface area contributed by atoms with Crippen LogP contribution < -0.4 is 15.4 Å². The SMILES string of the molecule is CNCC(=O)NCc1cc(Br)ccc1OC(F)F.Cl. The van der Waals surface area contributed by atoms with Gasteiger partial charge in [0.1, 0.15) is 5.75 Å². The molecule has 0 unspecified atom stereocenters. The van der Waals surface area contributed by atoms with Crippen LogP contribution in [0.1, 0.15) is 5.56 Å². The van der Waals surface area contributed by atoms with Crippen molar-refractivity contribution in [1.82, 2.24) is 10.6 Å². The number of hydrogen-bond donors (Lipinski definition) is 2. The number of likely N-dealkylation sites (N-methyl/N-ethyl adjacent to an activating group) is 1. The van der Waals surface area contributed by atoms with Crippen molar-refractivity contribution in [2.24, 2.45) is 0 Å². The third-order valence-electron chi connectivity index (χ3n) is 2.05. The van der Waals surface area contributed by atoms with Crippen molar-refractivity contribution in [2.45, 2.75) is 13.2 Å². The van der Waals surface area contributed by atoms with Crippen molar-refractivity contribution < 1.29 is 18.3 Å². The molecule has 19 heavy (non-hydrogen) atoms. The highest BCUT2D eigenvalue weighted by Crippen LogP contribution is 2.24. The van der Waals surface area contributed by atoms with Gasteiger partial charge in [0, 0.05) is 16.6 Å². The molecule has 108 valence electrons. The van der Waals surface area contributed by atoms with Crippen LogP contribution in [-0.2, 0) is 11.3 Å². The molecule has 0 bridgehead atoms. The number of carbonyl (C=O) groups is 1. The van der Waals surface area contributed by atoms with Gasteiger partial charge in [0.2, 0.25) is 5.91 Å². The Balaban J connectivity index is 0.00000324. The molecule has 0 heterocycles. The van der Waals surface area contributed by atoms with E-state index in [0.717, 1.165) is 4.47 Å². The van der Waals surface area contributed by atoms with Crippen LogP contribution in [0, 0.1) is 0 Å². The van der Waals surface area contributed by atoms with Crippen LogP contribution in [0.3, 0.4) is 0 Å². The molecular formula is C11H14BrClF2N2O2. The first kappa shape index (κ1) is 18.1. The summed E-state index contributed by atoms with van der Waals surface area (Å²) >= 11 is 3.23. The first-order valence-electron chi connectivity index (χ1n) is 5.17. The number of ether oxygens (including phenoxy) is 1. The van der Waals surface area contributed by atoms with Crippen LogP contribution in [0.4, 0.5) is 8.78 Å². The molecule has 0 aliphatic rings. The largest absolute Gasteiger partial charge is 0.434 e. The van der Waals surface area contributed by atoms with Crippen molar-refractivity contribution in [3.63, 3.8) is 0 Å². The minimum Gasteiger partial charge on any atom is -0.434 e. The van der Waals surface area contributed by atoms with Crippen LogP contribution >= 0.6 is 28.3 Å². The van der Waals surface area contributed by atoms with Gasteiger partial charge in [0.15, 0.2) is 0 Å². The number of hydrogen-bond acceptors (Lipinski definition) is 3. The van der Waals surface area contributed by atoms with Gasteiger partial charge in [-0.3, -0.25) is 4.79 Å². The number of halogens is 4. The fourth-order valence-corrected chi connectivity index (χ4v) is 1.72. The number of alkyl halides is 2. The number of benzene rings is 1. The predicted octanol–water partition coefficient (Wildman–Crippen LogP) is 2.31. The monoisotopic (exact) mass is 358 g/mol. The standard InChI is InChI=1S/C11H13BrF2N2O2.ClH/c1-15-6-10(17)16-5-7-4-8(12)2-3-9(7)18-11(13)14;/h2-4,11,15H,5-6H2,1H3,(H,16,17);1H. The summed E-state index contributed by atoms with van der Waals surface area (Å²) in [4.78, 5) is 11.3. The summed E-state index contributed by atoms with van der Waals surface area (Å²) in [6.45, 7) is -2.60. The Bertz CT molecular complexity index is 422. The molecule has 1 amide bonds. The number of carbonyl (C=O) groups excluding carboxylic acids is 1. The lowest BCUT2D eigenvalue weighted by Gasteiger charge is -2.12. The molecule has 0 aliphatic heterocycles. The Morgan fingerprint density at radius 3 is 2.74 bits per heavy atom. The van der Waals surface area contributed by atoms with Gasteiger partial charge in [-0.1, -0.05) is 15.9 Å². The van der Waals surface area contributed by atoms with Gasteiger partial charge >= 0.3 is 6.61 Å². The summed E-state index contributed by atoms with van der Waals surface area (Å²) in [6, 6.07) is 4.64. The quantitative estimate of drug-likeness (QED) is 0.819. The fraction of sp³-hybridized carbons (Fsp3) is 0.364. The molecule has 0 aromatic heterocycles. The second-order valence-electron chi connectivity index (χ2n) is 3.44. The Kier molecular flexibility index (Phi) is 8.62. The highest BCUT2D eigenvalue weighted by atomic mass is 79.9. The van der Waals surface area contributed by atoms with E-state index in [1.165, 1.54) is 6.07 Å². The van der Waals surface area contributed by atoms with Gasteiger partial charge in [0.05, 0.1) is 6.54 Å². The van der Waals surface area contributed by atoms with E-state index in [0.29, 0.717) is 5.56 Å². The summed E-state index contributed by atoms with van der Waals surface area (Å²) in [5, 5.41) is 5.28. The third kappa shape index (κ3) is 6.70. The maximum atomic E-state index is 12.2. The lowest BCUT2D eigenvalue weighted by Crippen LogP contribution is -2.31. The van der Waals surface area contributed by atoms with Crippen LogP contribution in [0.25, 0.3) is 0 Å². The van der Waals surface area contributed by atoms with Crippen LogP contribution in [-0.4, -0.2) is 26.1 Å². The number of rotatable bonds is 6. The zero-order valence-corrected chi connectivity index (χ0v) is 12.5. The van der Waals surface area contributed by atoms with Crippen LogP contribution in [0.15, 0.2) is 22.7 Å². The summed E-state index contributed by atoms with van der Waals surface area (Å²) in [7, 11) is 1.64. The normalized spacial score (nSPS) is 9.95. The average molecular weight is 360 g/mol. The molecular weight excluding hydrogens is 345 g/mol. The minimum atomic E-state index is -2.89. The topological polar surface area (TPSA) is 50.4 Å². The van der Waals surface area contributed by atoms with Crippen molar-refractivity contribution in [3.8, 4) is 5.75 Å². The molecule has 0 saturated carbocycles. The van der Waals surface area contributed by atoms with Crippen molar-refractivity contribution in [2.75, 3.05) is 13.6 Å². The average Bonchev–Trinajstić information content (AvgIpc) is 2.29. The van der Waals surface area contributed by atoms with E-state index < -0.39 is 6.61 Å². The van der Waals surface area contributed by atoms with Gasteiger partial charge in [-0.2, -0.15) is 8.78 Å². The Morgan fingerprint density at radius 2 is 2.16 bits per heavy atom. The predicted molar refractivity (Wildman–Crippen MR) is 73.8 cm³/mol. The molecule has 8 heteroatoms. The maximum Gasteiger partial charge on any atom is 0.387 e. The van der Waals surface area contributed by atoms with E-state index >= 15 is 0 Å². The second kappa shape index (κ2) is 9.06. The lowest BCUT2D eigenvalue weighted by atomic mass is 10.2. The zero-order valence-electron chi connectivity index (χ0n) is 10.1. The van der Waals surface area contributed by atoms with Crippen LogP contribution in [0.5, 0.6) is 5.75 Å². The maximum absolute atomic E-state index is 12.2. The summed E-state index contributed by atoms with van der Waals surface area (Å²) < 4.78 is 29.5. The van der Waals surface area contributed by atoms with Crippen molar-refractivity contribution in [3.05, 3.63) is 28.2 Å². The summed E-state index contributed by atoms with van der Waals surface area (Å²) in [5.74, 6) is -0.168. The van der Waals surface area contributed by atoms with E-state index in [1.807, 2.05) is 0 Å². The van der Waals surface area contributed by atoms with Gasteiger partial charge in [-0.15, -0.1) is 12.4 Å². The number of nitrogens with one attached hydrogen (secondary N) is 2. The molecule has 1 aromatic rings. The van der Waals surface area contributed by atoms with Gasteiger partial charge in [-0.05, 0) is 25.2 Å². The van der Waals surface area contributed by atoms with Crippen molar-refractivity contribution >= 4 is 34.2 Å². The smallest absolute Gasteiger partial charge is 0.387 e. The molecule has 0 atom stereocenters. The van der Waals surface area contributed by atoms with E-state index in [-0.39, 0.29) is 37.2 Å². The summed E-state index contributed by atoms with van der Waals surface area (Å²) in [6.07, 6.45) is 0. The van der Waals surface area contributed by atoms with E-state index in [4.69, 9.17) is 0 Å². The van der Waals surface area contributed by atoms with E-state index in [2.05, 4.69) is 31.3 Å². The zero-order chi connectivity index (χ0) is 13.5. The second-order valence-corrected chi connectivity index (χ2v) is 4.35. The third-order valence-corrected chi connectivity index (χ3v) is 2.55.